The van der Waals surface area contributed by atoms with Gasteiger partial charge in [0.05, 0.1) is 14.2 Å². The van der Waals surface area contributed by atoms with Crippen LogP contribution in [0.2, 0.25) is 0 Å². The lowest BCUT2D eigenvalue weighted by Crippen LogP contribution is -2.36. The molecule has 1 aliphatic carbocycles. The predicted molar refractivity (Wildman–Crippen MR) is 101 cm³/mol. The highest BCUT2D eigenvalue weighted by Crippen LogP contribution is 2.33. The first-order valence-corrected chi connectivity index (χ1v) is 9.45. The van der Waals surface area contributed by atoms with Gasteiger partial charge in [0.1, 0.15) is 0 Å². The minimum Gasteiger partial charge on any atom is -0.493 e. The minimum absolute atomic E-state index is 0.166. The van der Waals surface area contributed by atoms with Crippen molar-refractivity contribution >= 4 is 5.91 Å². The molecule has 4 heteroatoms. The quantitative estimate of drug-likeness (QED) is 0.755. The standard InChI is InChI=1S/C21H33NO3/c1-21(2,17-11-12-18(24-3)19(14-17)25-4)15-22-20(23)13-10-16-8-6-5-7-9-16/h11-12,14,16H,5-10,13,15H2,1-4H3,(H,22,23). The highest BCUT2D eigenvalue weighted by atomic mass is 16.5. The van der Waals surface area contributed by atoms with Crippen molar-refractivity contribution < 1.29 is 14.3 Å². The molecule has 1 N–H and O–H groups in total. The van der Waals surface area contributed by atoms with Gasteiger partial charge in [0.25, 0.3) is 0 Å². The average Bonchev–Trinajstić information content (AvgIpc) is 2.65. The molecule has 0 aromatic heterocycles. The van der Waals surface area contributed by atoms with Gasteiger partial charge in [-0.15, -0.1) is 0 Å². The lowest BCUT2D eigenvalue weighted by Gasteiger charge is -2.27. The number of amides is 1. The third kappa shape index (κ3) is 5.65. The first-order chi connectivity index (χ1) is 12.0. The van der Waals surface area contributed by atoms with E-state index in [-0.39, 0.29) is 11.3 Å². The maximum Gasteiger partial charge on any atom is 0.220 e. The maximum atomic E-state index is 12.2. The van der Waals surface area contributed by atoms with Gasteiger partial charge in [-0.05, 0) is 30.0 Å². The molecule has 0 atom stereocenters. The van der Waals surface area contributed by atoms with Crippen LogP contribution in [0, 0.1) is 5.92 Å². The van der Waals surface area contributed by atoms with Gasteiger partial charge in [-0.3, -0.25) is 4.79 Å². The van der Waals surface area contributed by atoms with Gasteiger partial charge in [0.15, 0.2) is 11.5 Å². The van der Waals surface area contributed by atoms with Crippen molar-refractivity contribution in [3.05, 3.63) is 23.8 Å². The van der Waals surface area contributed by atoms with E-state index in [2.05, 4.69) is 19.2 Å². The summed E-state index contributed by atoms with van der Waals surface area (Å²) in [4.78, 5) is 12.2. The summed E-state index contributed by atoms with van der Waals surface area (Å²) in [6.07, 6.45) is 8.30. The molecule has 2 rings (SSSR count). The maximum absolute atomic E-state index is 12.2. The summed E-state index contributed by atoms with van der Waals surface area (Å²) in [6.45, 7) is 4.89. The fraction of sp³-hybridized carbons (Fsp3) is 0.667. The van der Waals surface area contributed by atoms with Crippen LogP contribution in [0.4, 0.5) is 0 Å². The molecule has 1 aromatic carbocycles. The Morgan fingerprint density at radius 2 is 1.80 bits per heavy atom. The summed E-state index contributed by atoms with van der Waals surface area (Å²) in [7, 11) is 3.27. The number of benzene rings is 1. The normalized spacial score (nSPS) is 15.7. The third-order valence-electron chi connectivity index (χ3n) is 5.40. The van der Waals surface area contributed by atoms with Gasteiger partial charge >= 0.3 is 0 Å². The van der Waals surface area contributed by atoms with Crippen molar-refractivity contribution in [1.29, 1.82) is 0 Å². The molecule has 4 nitrogen and oxygen atoms in total. The van der Waals surface area contributed by atoms with Gasteiger partial charge in [-0.2, -0.15) is 0 Å². The third-order valence-corrected chi connectivity index (χ3v) is 5.40. The summed E-state index contributed by atoms with van der Waals surface area (Å²) >= 11 is 0. The van der Waals surface area contributed by atoms with Crippen LogP contribution >= 0.6 is 0 Å². The van der Waals surface area contributed by atoms with Gasteiger partial charge in [0.2, 0.25) is 5.91 Å². The van der Waals surface area contributed by atoms with Crippen LogP contribution in [0.3, 0.4) is 0 Å². The molecule has 1 saturated carbocycles. The van der Waals surface area contributed by atoms with Gasteiger partial charge in [-0.1, -0.05) is 52.0 Å². The smallest absolute Gasteiger partial charge is 0.220 e. The van der Waals surface area contributed by atoms with Crippen molar-refractivity contribution in [3.63, 3.8) is 0 Å². The van der Waals surface area contributed by atoms with Crippen molar-refractivity contribution in [2.24, 2.45) is 5.92 Å². The van der Waals surface area contributed by atoms with E-state index in [9.17, 15) is 4.79 Å². The van der Waals surface area contributed by atoms with Crippen LogP contribution in [-0.4, -0.2) is 26.7 Å². The Bertz CT molecular complexity index is 562. The Balaban J connectivity index is 1.86. The van der Waals surface area contributed by atoms with Gasteiger partial charge < -0.3 is 14.8 Å². The lowest BCUT2D eigenvalue weighted by molar-refractivity contribution is -0.121. The molecule has 0 radical (unpaired) electrons. The highest BCUT2D eigenvalue weighted by molar-refractivity contribution is 5.76. The number of rotatable bonds is 8. The Labute approximate surface area is 152 Å². The fourth-order valence-corrected chi connectivity index (χ4v) is 3.58. The summed E-state index contributed by atoms with van der Waals surface area (Å²) in [5.74, 6) is 2.35. The fourth-order valence-electron chi connectivity index (χ4n) is 3.58. The largest absolute Gasteiger partial charge is 0.493 e. The van der Waals surface area contributed by atoms with Gasteiger partial charge in [-0.25, -0.2) is 0 Å². The molecule has 0 spiro atoms. The van der Waals surface area contributed by atoms with E-state index in [0.717, 1.165) is 29.4 Å². The van der Waals surface area contributed by atoms with E-state index >= 15 is 0 Å². The molecule has 0 saturated heterocycles. The number of nitrogens with one attached hydrogen (secondary N) is 1. The van der Waals surface area contributed by atoms with Crippen LogP contribution in [0.25, 0.3) is 0 Å². The van der Waals surface area contributed by atoms with Crippen LogP contribution in [0.1, 0.15) is 64.4 Å². The van der Waals surface area contributed by atoms with Crippen LogP contribution in [-0.2, 0) is 10.2 Å². The topological polar surface area (TPSA) is 47.6 Å². The molecule has 1 aliphatic rings. The Hall–Kier alpha value is -1.71. The number of carbonyl (C=O) groups excluding carboxylic acids is 1. The van der Waals surface area contributed by atoms with Crippen molar-refractivity contribution in [2.45, 2.75) is 64.2 Å². The van der Waals surface area contributed by atoms with Crippen LogP contribution in [0.5, 0.6) is 11.5 Å². The lowest BCUT2D eigenvalue weighted by atomic mass is 9.84. The Morgan fingerprint density at radius 1 is 1.12 bits per heavy atom. The summed E-state index contributed by atoms with van der Waals surface area (Å²) < 4.78 is 10.7. The molecule has 1 amide bonds. The van der Waals surface area contributed by atoms with E-state index < -0.39 is 0 Å². The SMILES string of the molecule is COc1ccc(C(C)(C)CNC(=O)CCC2CCCCC2)cc1OC. The van der Waals surface area contributed by atoms with Crippen molar-refractivity contribution in [1.82, 2.24) is 5.32 Å². The van der Waals surface area contributed by atoms with E-state index in [1.807, 2.05) is 18.2 Å². The molecule has 1 aromatic rings. The van der Waals surface area contributed by atoms with E-state index in [1.54, 1.807) is 14.2 Å². The Kier molecular flexibility index (Phi) is 7.15. The zero-order chi connectivity index (χ0) is 18.3. The van der Waals surface area contributed by atoms with Gasteiger partial charge in [0, 0.05) is 18.4 Å². The molecular weight excluding hydrogens is 314 g/mol. The van der Waals surface area contributed by atoms with Crippen molar-refractivity contribution in [3.8, 4) is 11.5 Å². The summed E-state index contributed by atoms with van der Waals surface area (Å²) in [5, 5.41) is 3.12. The number of hydrogen-bond donors (Lipinski definition) is 1. The molecular formula is C21H33NO3. The summed E-state index contributed by atoms with van der Waals surface area (Å²) in [6, 6.07) is 5.95. The molecule has 0 heterocycles. The molecule has 0 aliphatic heterocycles. The number of ether oxygens (including phenoxy) is 2. The second-order valence-electron chi connectivity index (χ2n) is 7.77. The second-order valence-corrected chi connectivity index (χ2v) is 7.77. The summed E-state index contributed by atoms with van der Waals surface area (Å²) in [5.41, 5.74) is 0.956. The first-order valence-electron chi connectivity index (χ1n) is 9.45. The molecule has 0 unspecified atom stereocenters. The number of carbonyl (C=O) groups is 1. The number of methoxy groups -OCH3 is 2. The Morgan fingerprint density at radius 3 is 2.44 bits per heavy atom. The molecule has 0 bridgehead atoms. The average molecular weight is 347 g/mol. The van der Waals surface area contributed by atoms with E-state index in [4.69, 9.17) is 9.47 Å². The molecule has 25 heavy (non-hydrogen) atoms. The van der Waals surface area contributed by atoms with Crippen LogP contribution in [0.15, 0.2) is 18.2 Å². The minimum atomic E-state index is -0.167. The van der Waals surface area contributed by atoms with Crippen LogP contribution < -0.4 is 14.8 Å². The van der Waals surface area contributed by atoms with E-state index in [1.165, 1.54) is 32.1 Å². The molecule has 140 valence electrons. The van der Waals surface area contributed by atoms with Crippen molar-refractivity contribution in [2.75, 3.05) is 20.8 Å². The second kappa shape index (κ2) is 9.12. The highest BCUT2D eigenvalue weighted by Gasteiger charge is 2.23. The van der Waals surface area contributed by atoms with E-state index in [0.29, 0.717) is 13.0 Å². The predicted octanol–water partition coefficient (Wildman–Crippen LogP) is 4.46. The number of hydrogen-bond acceptors (Lipinski definition) is 3. The zero-order valence-electron chi connectivity index (χ0n) is 16.2. The monoisotopic (exact) mass is 347 g/mol. The molecule has 1 fully saturated rings. The first kappa shape index (κ1) is 19.6. The zero-order valence-corrected chi connectivity index (χ0v) is 16.2.